The highest BCUT2D eigenvalue weighted by atomic mass is 16.7. The second-order valence-corrected chi connectivity index (χ2v) is 2.28. The normalized spacial score (nSPS) is 9.71. The van der Waals surface area contributed by atoms with Gasteiger partial charge in [-0.2, -0.15) is 0 Å². The zero-order valence-electron chi connectivity index (χ0n) is 6.98. The third-order valence-electron chi connectivity index (χ3n) is 1.25. The maximum atomic E-state index is 10.9. The number of aliphatic carboxylic acids is 1. The summed E-state index contributed by atoms with van der Waals surface area (Å²) in [5.74, 6) is -1.17. The first-order valence-corrected chi connectivity index (χ1v) is 3.54. The lowest BCUT2D eigenvalue weighted by molar-refractivity contribution is -0.141. The largest absolute Gasteiger partial charge is 0.479 e. The van der Waals surface area contributed by atoms with Crippen LogP contribution >= 0.6 is 0 Å². The minimum atomic E-state index is -1.15. The minimum absolute atomic E-state index is 0.0185. The number of hydrogen-bond acceptors (Lipinski definition) is 6. The smallest absolute Gasteiger partial charge is 0.332 e. The van der Waals surface area contributed by atoms with Crippen LogP contribution in [-0.4, -0.2) is 27.7 Å². The Morgan fingerprint density at radius 1 is 1.79 bits per heavy atom. The van der Waals surface area contributed by atoms with Crippen LogP contribution in [-0.2, 0) is 9.63 Å². The fourth-order valence-electron chi connectivity index (χ4n) is 0.658. The number of rotatable bonds is 4. The van der Waals surface area contributed by atoms with Crippen LogP contribution < -0.4 is 16.8 Å². The number of carboxylic acids is 1. The maximum absolute atomic E-state index is 10.9. The molecule has 0 spiro atoms. The van der Waals surface area contributed by atoms with Crippen LogP contribution in [0.5, 0.6) is 0 Å². The van der Waals surface area contributed by atoms with Gasteiger partial charge in [-0.05, 0) is 0 Å². The molecule has 0 unspecified atom stereocenters. The first kappa shape index (κ1) is 9.99. The van der Waals surface area contributed by atoms with Gasteiger partial charge in [0.1, 0.15) is 5.69 Å². The minimum Gasteiger partial charge on any atom is -0.479 e. The average molecular weight is 200 g/mol. The van der Waals surface area contributed by atoms with E-state index in [0.29, 0.717) is 0 Å². The number of nitrogens with one attached hydrogen (secondary N) is 2. The summed E-state index contributed by atoms with van der Waals surface area (Å²) < 4.78 is 0. The molecule has 14 heavy (non-hydrogen) atoms. The van der Waals surface area contributed by atoms with E-state index in [1.54, 1.807) is 0 Å². The summed E-state index contributed by atoms with van der Waals surface area (Å²) in [5, 5.41) is 8.23. The van der Waals surface area contributed by atoms with Crippen LogP contribution in [0.4, 0.5) is 11.5 Å². The van der Waals surface area contributed by atoms with Crippen molar-refractivity contribution in [2.75, 3.05) is 17.8 Å². The van der Waals surface area contributed by atoms with Gasteiger partial charge in [0, 0.05) is 0 Å². The van der Waals surface area contributed by atoms with Crippen molar-refractivity contribution < 1.29 is 14.7 Å². The van der Waals surface area contributed by atoms with Crippen molar-refractivity contribution in [3.63, 3.8) is 0 Å². The van der Waals surface area contributed by atoms with Crippen molar-refractivity contribution in [2.45, 2.75) is 0 Å². The van der Waals surface area contributed by atoms with E-state index in [1.807, 2.05) is 0 Å². The van der Waals surface area contributed by atoms with Gasteiger partial charge in [0.25, 0.3) is 5.56 Å². The fourth-order valence-corrected chi connectivity index (χ4v) is 0.658. The van der Waals surface area contributed by atoms with Crippen molar-refractivity contribution in [1.82, 2.24) is 9.97 Å². The molecule has 76 valence electrons. The molecule has 0 aliphatic carbocycles. The first-order chi connectivity index (χ1) is 6.61. The molecular weight excluding hydrogens is 192 g/mol. The first-order valence-electron chi connectivity index (χ1n) is 3.54. The third-order valence-corrected chi connectivity index (χ3v) is 1.25. The summed E-state index contributed by atoms with van der Waals surface area (Å²) in [5.41, 5.74) is 6.76. The molecule has 0 amide bonds. The van der Waals surface area contributed by atoms with Crippen molar-refractivity contribution in [1.29, 1.82) is 0 Å². The van der Waals surface area contributed by atoms with Crippen LogP contribution in [0.25, 0.3) is 0 Å². The molecule has 1 aromatic rings. The van der Waals surface area contributed by atoms with Gasteiger partial charge < -0.3 is 15.8 Å². The highest BCUT2D eigenvalue weighted by Crippen LogP contribution is 2.06. The van der Waals surface area contributed by atoms with Crippen LogP contribution in [0.3, 0.4) is 0 Å². The van der Waals surface area contributed by atoms with Crippen LogP contribution in [0.1, 0.15) is 0 Å². The van der Waals surface area contributed by atoms with E-state index in [4.69, 9.17) is 10.8 Å². The number of nitrogens with two attached hydrogens (primary N) is 1. The maximum Gasteiger partial charge on any atom is 0.332 e. The van der Waals surface area contributed by atoms with Gasteiger partial charge in [0.15, 0.2) is 12.4 Å². The second-order valence-electron chi connectivity index (χ2n) is 2.28. The molecule has 1 heterocycles. The molecule has 0 aliphatic heterocycles. The van der Waals surface area contributed by atoms with Gasteiger partial charge >= 0.3 is 5.97 Å². The molecule has 0 aromatic carbocycles. The number of aromatic nitrogens is 2. The van der Waals surface area contributed by atoms with Gasteiger partial charge in [0.05, 0.1) is 6.33 Å². The van der Waals surface area contributed by atoms with E-state index >= 15 is 0 Å². The predicted octanol–water partition coefficient (Wildman–Crippen LogP) is -1.22. The summed E-state index contributed by atoms with van der Waals surface area (Å²) in [7, 11) is 0. The van der Waals surface area contributed by atoms with Gasteiger partial charge in [-0.3, -0.25) is 9.63 Å². The molecule has 8 nitrogen and oxygen atoms in total. The molecule has 0 fully saturated rings. The van der Waals surface area contributed by atoms with E-state index in [0.717, 1.165) is 6.33 Å². The molecular formula is C6H8N4O4. The lowest BCUT2D eigenvalue weighted by Crippen LogP contribution is -2.18. The number of carbonyl (C=O) groups is 1. The van der Waals surface area contributed by atoms with Crippen LogP contribution in [0.2, 0.25) is 0 Å². The Kier molecular flexibility index (Phi) is 3.02. The zero-order valence-corrected chi connectivity index (χ0v) is 6.98. The van der Waals surface area contributed by atoms with Gasteiger partial charge in [-0.1, -0.05) is 0 Å². The Balaban J connectivity index is 2.63. The van der Waals surface area contributed by atoms with E-state index in [-0.39, 0.29) is 11.5 Å². The molecule has 8 heteroatoms. The molecule has 0 aliphatic rings. The Morgan fingerprint density at radius 3 is 3.14 bits per heavy atom. The zero-order chi connectivity index (χ0) is 10.6. The van der Waals surface area contributed by atoms with E-state index in [9.17, 15) is 9.59 Å². The number of hydrogen-bond donors (Lipinski definition) is 4. The summed E-state index contributed by atoms with van der Waals surface area (Å²) in [4.78, 5) is 31.3. The molecule has 1 rings (SSSR count). The van der Waals surface area contributed by atoms with Crippen molar-refractivity contribution >= 4 is 17.5 Å². The summed E-state index contributed by atoms with van der Waals surface area (Å²) in [6.07, 6.45) is 1.12. The lowest BCUT2D eigenvalue weighted by atomic mass is 10.5. The lowest BCUT2D eigenvalue weighted by Gasteiger charge is -2.04. The van der Waals surface area contributed by atoms with E-state index in [2.05, 4.69) is 20.3 Å². The summed E-state index contributed by atoms with van der Waals surface area (Å²) in [6.45, 7) is -0.562. The van der Waals surface area contributed by atoms with Crippen molar-refractivity contribution in [2.24, 2.45) is 0 Å². The standard InChI is InChI=1S/C6H8N4O4/c7-4-5(8-2-9-6(4)13)10-14-1-3(11)12/h2H,1,7H2,(H,11,12)(H2,8,9,10,13). The Labute approximate surface area is 77.7 Å². The summed E-state index contributed by atoms with van der Waals surface area (Å²) >= 11 is 0. The fraction of sp³-hybridized carbons (Fsp3) is 0.167. The highest BCUT2D eigenvalue weighted by Gasteiger charge is 2.04. The Hall–Kier alpha value is -2.09. The topological polar surface area (TPSA) is 130 Å². The molecule has 0 saturated carbocycles. The summed E-state index contributed by atoms with van der Waals surface area (Å²) in [6, 6.07) is 0. The van der Waals surface area contributed by atoms with Crippen LogP contribution in [0, 0.1) is 0 Å². The molecule has 0 atom stereocenters. The van der Waals surface area contributed by atoms with E-state index < -0.39 is 18.1 Å². The number of nitrogens with zero attached hydrogens (tertiary/aromatic N) is 1. The Morgan fingerprint density at radius 2 is 2.50 bits per heavy atom. The van der Waals surface area contributed by atoms with E-state index in [1.165, 1.54) is 0 Å². The van der Waals surface area contributed by atoms with Crippen LogP contribution in [0.15, 0.2) is 11.1 Å². The molecule has 0 bridgehead atoms. The van der Waals surface area contributed by atoms with Gasteiger partial charge in [-0.15, -0.1) is 0 Å². The average Bonchev–Trinajstić information content (AvgIpc) is 2.12. The predicted molar refractivity (Wildman–Crippen MR) is 46.5 cm³/mol. The molecule has 0 radical (unpaired) electrons. The number of carboxylic acid groups (broad SMARTS) is 1. The van der Waals surface area contributed by atoms with Crippen molar-refractivity contribution in [3.05, 3.63) is 16.7 Å². The quantitative estimate of drug-likeness (QED) is 0.448. The van der Waals surface area contributed by atoms with Crippen molar-refractivity contribution in [3.8, 4) is 0 Å². The Bertz CT molecular complexity index is 388. The molecule has 1 aromatic heterocycles. The second kappa shape index (κ2) is 4.23. The number of H-pyrrole nitrogens is 1. The molecule has 5 N–H and O–H groups in total. The monoisotopic (exact) mass is 200 g/mol. The van der Waals surface area contributed by atoms with Gasteiger partial charge in [0.2, 0.25) is 0 Å². The number of nitrogen functional groups attached to an aromatic ring is 1. The highest BCUT2D eigenvalue weighted by molar-refractivity contribution is 5.68. The number of aromatic amines is 1. The van der Waals surface area contributed by atoms with Gasteiger partial charge in [-0.25, -0.2) is 15.3 Å². The SMILES string of the molecule is Nc1c(NOCC(=O)O)nc[nH]c1=O. The molecule has 0 saturated heterocycles. The number of anilines is 2. The third kappa shape index (κ3) is 2.45.